The Bertz CT molecular complexity index is 1370. The highest BCUT2D eigenvalue weighted by molar-refractivity contribution is 5.72. The summed E-state index contributed by atoms with van der Waals surface area (Å²) in [6, 6.07) is -0.638. The minimum Gasteiger partial charge on any atom is -0.477 e. The van der Waals surface area contributed by atoms with Crippen molar-refractivity contribution >= 4 is 17.9 Å². The van der Waals surface area contributed by atoms with E-state index in [4.69, 9.17) is 14.2 Å². The summed E-state index contributed by atoms with van der Waals surface area (Å²) in [5.41, 5.74) is 0. The second-order valence-corrected chi connectivity index (χ2v) is 15.3. The molecule has 0 aromatic rings. The average Bonchev–Trinajstić information content (AvgIpc) is 3.19. The monoisotopic (exact) mass is 819 g/mol. The fraction of sp³-hybridized carbons (Fsp3) is 0.549. The lowest BCUT2D eigenvalue weighted by molar-refractivity contribution is -0.887. The Hall–Kier alpha value is -4.27. The van der Waals surface area contributed by atoms with Crippen LogP contribution in [0.25, 0.3) is 0 Å². The summed E-state index contributed by atoms with van der Waals surface area (Å²) in [5.74, 6) is -1.60. The van der Waals surface area contributed by atoms with E-state index in [1.165, 1.54) is 12.8 Å². The van der Waals surface area contributed by atoms with E-state index >= 15 is 0 Å². The average molecular weight is 819 g/mol. The summed E-state index contributed by atoms with van der Waals surface area (Å²) in [6.45, 7) is 4.35. The molecule has 0 saturated carbocycles. The third-order valence-corrected chi connectivity index (χ3v) is 8.98. The lowest BCUT2D eigenvalue weighted by Gasteiger charge is -2.31. The number of likely N-dealkylation sites (N-methyl/N-ethyl adjacent to an activating group) is 1. The Morgan fingerprint density at radius 2 is 1.00 bits per heavy atom. The van der Waals surface area contributed by atoms with E-state index in [0.29, 0.717) is 25.7 Å². The molecule has 0 saturated heterocycles. The standard InChI is InChI=1S/C51H79NO7/c1-6-8-10-12-14-16-18-20-21-22-23-24-25-26-27-28-30-31-33-35-37-39-41-49(53)58-46-47(45-57-44-43-48(51(55)56)52(3,4)5)59-50(54)42-40-38-36-34-32-29-19-17-15-13-11-9-7-2/h8-11,13-17,19-21,23-24,26-27,29,32,34,36,47-48H,6-7,12,18,22,25,28,30-31,33,35,37-46H2,1-5H3/p+1/b10-8+,11-9+,15-13+,16-14+,19-17+,21-20+,24-23+,27-26+,32-29+,36-34+. The van der Waals surface area contributed by atoms with Crippen molar-refractivity contribution in [1.29, 1.82) is 0 Å². The van der Waals surface area contributed by atoms with Gasteiger partial charge in [0.05, 0.1) is 34.4 Å². The molecule has 0 aliphatic carbocycles. The number of hydrogen-bond acceptors (Lipinski definition) is 6. The number of ether oxygens (including phenoxy) is 3. The minimum atomic E-state index is -0.895. The van der Waals surface area contributed by atoms with Crippen molar-refractivity contribution in [1.82, 2.24) is 0 Å². The third kappa shape index (κ3) is 39.0. The van der Waals surface area contributed by atoms with Crippen LogP contribution in [0.15, 0.2) is 122 Å². The van der Waals surface area contributed by atoms with Crippen LogP contribution >= 0.6 is 0 Å². The quantitative estimate of drug-likeness (QED) is 0.0219. The maximum Gasteiger partial charge on any atom is 0.362 e. The van der Waals surface area contributed by atoms with Gasteiger partial charge in [-0.15, -0.1) is 0 Å². The highest BCUT2D eigenvalue weighted by atomic mass is 16.6. The van der Waals surface area contributed by atoms with Crippen molar-refractivity contribution in [3.05, 3.63) is 122 Å². The molecule has 59 heavy (non-hydrogen) atoms. The van der Waals surface area contributed by atoms with Crippen LogP contribution in [-0.2, 0) is 28.6 Å². The summed E-state index contributed by atoms with van der Waals surface area (Å²) in [4.78, 5) is 36.9. The van der Waals surface area contributed by atoms with Crippen LogP contribution in [0.4, 0.5) is 0 Å². The minimum absolute atomic E-state index is 0.0183. The molecule has 2 unspecified atom stereocenters. The summed E-state index contributed by atoms with van der Waals surface area (Å²) in [7, 11) is 5.48. The van der Waals surface area contributed by atoms with Gasteiger partial charge in [0.2, 0.25) is 0 Å². The van der Waals surface area contributed by atoms with E-state index in [1.54, 1.807) is 0 Å². The number of carbonyl (C=O) groups is 3. The van der Waals surface area contributed by atoms with Gasteiger partial charge in [0.15, 0.2) is 12.1 Å². The van der Waals surface area contributed by atoms with Crippen LogP contribution < -0.4 is 0 Å². The van der Waals surface area contributed by atoms with Gasteiger partial charge in [-0.3, -0.25) is 9.59 Å². The third-order valence-electron chi connectivity index (χ3n) is 8.98. The van der Waals surface area contributed by atoms with Crippen LogP contribution in [0.5, 0.6) is 0 Å². The molecule has 0 heterocycles. The molecule has 0 aromatic heterocycles. The fourth-order valence-electron chi connectivity index (χ4n) is 5.62. The zero-order valence-corrected chi connectivity index (χ0v) is 37.4. The summed E-state index contributed by atoms with van der Waals surface area (Å²) >= 11 is 0. The maximum absolute atomic E-state index is 12.7. The van der Waals surface area contributed by atoms with Crippen molar-refractivity contribution in [2.75, 3.05) is 41.0 Å². The van der Waals surface area contributed by atoms with Gasteiger partial charge in [-0.1, -0.05) is 161 Å². The van der Waals surface area contributed by atoms with Crippen molar-refractivity contribution in [3.8, 4) is 0 Å². The predicted octanol–water partition coefficient (Wildman–Crippen LogP) is 12.2. The van der Waals surface area contributed by atoms with Gasteiger partial charge in [0, 0.05) is 19.3 Å². The first-order valence-electron chi connectivity index (χ1n) is 22.1. The molecule has 0 aliphatic heterocycles. The molecule has 2 atom stereocenters. The molecular formula is C51H80NO7+. The SMILES string of the molecule is CC/C=C/C=C/C=C/C=C/C=C/CCCC(=O)OC(COCCC(C(=O)O)[N+](C)(C)C)COC(=O)CCCCCCCC/C=C/C/C=C/C/C=C/C/C=C/C/C=C/CC. The largest absolute Gasteiger partial charge is 0.477 e. The van der Waals surface area contributed by atoms with Gasteiger partial charge in [0.1, 0.15) is 6.61 Å². The van der Waals surface area contributed by atoms with E-state index in [0.717, 1.165) is 70.6 Å². The number of carbonyl (C=O) groups excluding carboxylic acids is 2. The maximum atomic E-state index is 12.7. The number of carboxylic acid groups (broad SMARTS) is 1. The molecule has 0 bridgehead atoms. The lowest BCUT2D eigenvalue weighted by Crippen LogP contribution is -2.50. The Labute approximate surface area is 359 Å². The van der Waals surface area contributed by atoms with Gasteiger partial charge in [-0.2, -0.15) is 0 Å². The number of allylic oxidation sites excluding steroid dienone is 20. The molecule has 0 aromatic carbocycles. The highest BCUT2D eigenvalue weighted by Crippen LogP contribution is 2.12. The van der Waals surface area contributed by atoms with E-state index in [1.807, 2.05) is 75.8 Å². The summed E-state index contributed by atoms with van der Waals surface area (Å²) in [5, 5.41) is 9.61. The summed E-state index contributed by atoms with van der Waals surface area (Å²) in [6.07, 6.45) is 56.9. The zero-order chi connectivity index (χ0) is 43.5. The molecule has 0 amide bonds. The smallest absolute Gasteiger partial charge is 0.362 e. The highest BCUT2D eigenvalue weighted by Gasteiger charge is 2.31. The molecule has 330 valence electrons. The first-order chi connectivity index (χ1) is 28.6. The van der Waals surface area contributed by atoms with Gasteiger partial charge in [0.25, 0.3) is 0 Å². The van der Waals surface area contributed by atoms with Crippen molar-refractivity contribution < 1.29 is 38.2 Å². The number of nitrogens with zero attached hydrogens (tertiary/aromatic N) is 1. The van der Waals surface area contributed by atoms with E-state index < -0.39 is 18.1 Å². The van der Waals surface area contributed by atoms with Crippen molar-refractivity contribution in [3.63, 3.8) is 0 Å². The normalized spacial score (nSPS) is 14.1. The van der Waals surface area contributed by atoms with E-state index in [2.05, 4.69) is 80.7 Å². The number of quaternary nitrogens is 1. The summed E-state index contributed by atoms with van der Waals surface area (Å²) < 4.78 is 17.2. The van der Waals surface area contributed by atoms with Crippen LogP contribution in [-0.4, -0.2) is 80.6 Å². The first-order valence-corrected chi connectivity index (χ1v) is 22.1. The number of carboxylic acids is 1. The Balaban J connectivity index is 4.43. The zero-order valence-electron chi connectivity index (χ0n) is 37.4. The molecule has 1 N–H and O–H groups in total. The Morgan fingerprint density at radius 3 is 1.56 bits per heavy atom. The second-order valence-electron chi connectivity index (χ2n) is 15.3. The fourth-order valence-corrected chi connectivity index (χ4v) is 5.62. The molecule has 0 radical (unpaired) electrons. The second kappa shape index (κ2) is 40.5. The molecule has 8 heteroatoms. The number of unbranched alkanes of at least 4 members (excludes halogenated alkanes) is 7. The molecular weight excluding hydrogens is 739 g/mol. The molecule has 0 aliphatic rings. The Morgan fingerprint density at radius 1 is 0.525 bits per heavy atom. The van der Waals surface area contributed by atoms with E-state index in [9.17, 15) is 19.5 Å². The van der Waals surface area contributed by atoms with Crippen molar-refractivity contribution in [2.45, 2.75) is 142 Å². The van der Waals surface area contributed by atoms with Gasteiger partial charge < -0.3 is 23.8 Å². The predicted molar refractivity (Wildman–Crippen MR) is 247 cm³/mol. The Kier molecular flexibility index (Phi) is 37.6. The number of hydrogen-bond donors (Lipinski definition) is 1. The van der Waals surface area contributed by atoms with E-state index in [-0.39, 0.29) is 42.7 Å². The molecule has 0 fully saturated rings. The van der Waals surface area contributed by atoms with Crippen LogP contribution in [0.3, 0.4) is 0 Å². The number of rotatable bonds is 37. The van der Waals surface area contributed by atoms with Crippen LogP contribution in [0.1, 0.15) is 129 Å². The van der Waals surface area contributed by atoms with Crippen LogP contribution in [0.2, 0.25) is 0 Å². The van der Waals surface area contributed by atoms with Gasteiger partial charge in [-0.05, 0) is 70.6 Å². The number of aliphatic carboxylic acids is 1. The molecule has 0 spiro atoms. The van der Waals surface area contributed by atoms with Gasteiger partial charge in [-0.25, -0.2) is 4.79 Å². The topological polar surface area (TPSA) is 99.1 Å². The molecule has 0 rings (SSSR count). The number of esters is 2. The van der Waals surface area contributed by atoms with Crippen molar-refractivity contribution in [2.24, 2.45) is 0 Å². The lowest BCUT2D eigenvalue weighted by atomic mass is 10.1. The first kappa shape index (κ1) is 54.7. The van der Waals surface area contributed by atoms with Crippen LogP contribution in [0, 0.1) is 0 Å². The molecule has 8 nitrogen and oxygen atoms in total. The van der Waals surface area contributed by atoms with Gasteiger partial charge >= 0.3 is 17.9 Å².